The maximum atomic E-state index is 12.0. The van der Waals surface area contributed by atoms with E-state index in [1.165, 1.54) is 6.20 Å². The Kier molecular flexibility index (Phi) is 3.69. The first kappa shape index (κ1) is 13.3. The van der Waals surface area contributed by atoms with Gasteiger partial charge in [0.05, 0.1) is 0 Å². The average Bonchev–Trinajstić information content (AvgIpc) is 3.19. The first-order valence-corrected chi connectivity index (χ1v) is 6.16. The van der Waals surface area contributed by atoms with Gasteiger partial charge in [-0.2, -0.15) is 0 Å². The van der Waals surface area contributed by atoms with Crippen molar-refractivity contribution in [3.8, 4) is 0 Å². The molecule has 19 heavy (non-hydrogen) atoms. The van der Waals surface area contributed by atoms with Crippen molar-refractivity contribution in [3.63, 3.8) is 0 Å². The number of hydrogen-bond acceptors (Lipinski definition) is 4. The van der Waals surface area contributed by atoms with Gasteiger partial charge in [-0.25, -0.2) is 9.78 Å². The molecule has 0 saturated heterocycles. The zero-order valence-corrected chi connectivity index (χ0v) is 11.0. The van der Waals surface area contributed by atoms with Gasteiger partial charge in [0, 0.05) is 25.9 Å². The van der Waals surface area contributed by atoms with Crippen LogP contribution in [0.5, 0.6) is 0 Å². The number of pyridine rings is 1. The first-order chi connectivity index (χ1) is 8.99. The van der Waals surface area contributed by atoms with Crippen molar-refractivity contribution in [2.75, 3.05) is 19.0 Å². The second-order valence-corrected chi connectivity index (χ2v) is 4.92. The Labute approximate surface area is 111 Å². The minimum atomic E-state index is -0.974. The van der Waals surface area contributed by atoms with E-state index in [0.29, 0.717) is 11.4 Å². The lowest BCUT2D eigenvalue weighted by Gasteiger charge is -2.15. The smallest absolute Gasteiger partial charge is 0.326 e. The summed E-state index contributed by atoms with van der Waals surface area (Å²) in [6.07, 6.45) is 3.25. The van der Waals surface area contributed by atoms with E-state index >= 15 is 0 Å². The zero-order chi connectivity index (χ0) is 14.0. The Morgan fingerprint density at radius 1 is 1.47 bits per heavy atom. The molecule has 6 nitrogen and oxygen atoms in total. The molecule has 1 aliphatic carbocycles. The molecule has 0 bridgehead atoms. The van der Waals surface area contributed by atoms with Crippen LogP contribution in [0.25, 0.3) is 0 Å². The van der Waals surface area contributed by atoms with Crippen LogP contribution in [0.2, 0.25) is 0 Å². The van der Waals surface area contributed by atoms with Crippen molar-refractivity contribution >= 4 is 17.7 Å². The van der Waals surface area contributed by atoms with Gasteiger partial charge in [-0.05, 0) is 30.9 Å². The molecule has 0 spiro atoms. The van der Waals surface area contributed by atoms with Crippen molar-refractivity contribution in [1.82, 2.24) is 10.3 Å². The Bertz CT molecular complexity index is 498. The molecule has 6 heteroatoms. The third-order valence-corrected chi connectivity index (χ3v) is 3.11. The van der Waals surface area contributed by atoms with Crippen LogP contribution in [0, 0.1) is 5.92 Å². The molecular weight excluding hydrogens is 246 g/mol. The molecule has 0 aliphatic heterocycles. The molecule has 102 valence electrons. The van der Waals surface area contributed by atoms with E-state index in [-0.39, 0.29) is 11.8 Å². The predicted octanol–water partition coefficient (Wildman–Crippen LogP) is 0.741. The molecule has 2 rings (SSSR count). The minimum Gasteiger partial charge on any atom is -0.480 e. The van der Waals surface area contributed by atoms with Gasteiger partial charge in [-0.3, -0.25) is 4.79 Å². The number of carbonyl (C=O) groups excluding carboxylic acids is 1. The number of rotatable bonds is 5. The largest absolute Gasteiger partial charge is 0.480 e. The van der Waals surface area contributed by atoms with Crippen LogP contribution in [0.3, 0.4) is 0 Å². The Morgan fingerprint density at radius 2 is 2.16 bits per heavy atom. The first-order valence-electron chi connectivity index (χ1n) is 6.16. The summed E-state index contributed by atoms with van der Waals surface area (Å²) in [5.74, 6) is -0.620. The molecule has 1 fully saturated rings. The highest BCUT2D eigenvalue weighted by Crippen LogP contribution is 2.32. The van der Waals surface area contributed by atoms with Crippen LogP contribution in [0.1, 0.15) is 23.2 Å². The van der Waals surface area contributed by atoms with Gasteiger partial charge in [0.1, 0.15) is 11.9 Å². The summed E-state index contributed by atoms with van der Waals surface area (Å²) in [6, 6.07) is 2.43. The van der Waals surface area contributed by atoms with Crippen LogP contribution in [0.4, 0.5) is 5.82 Å². The van der Waals surface area contributed by atoms with E-state index in [4.69, 9.17) is 5.11 Å². The second-order valence-electron chi connectivity index (χ2n) is 4.92. The van der Waals surface area contributed by atoms with Crippen molar-refractivity contribution in [2.24, 2.45) is 5.92 Å². The fraction of sp³-hybridized carbons (Fsp3) is 0.462. The molecule has 0 aromatic carbocycles. The maximum Gasteiger partial charge on any atom is 0.326 e. The van der Waals surface area contributed by atoms with Crippen LogP contribution in [-0.2, 0) is 4.79 Å². The fourth-order valence-electron chi connectivity index (χ4n) is 1.84. The van der Waals surface area contributed by atoms with Crippen molar-refractivity contribution in [1.29, 1.82) is 0 Å². The van der Waals surface area contributed by atoms with Gasteiger partial charge in [-0.1, -0.05) is 0 Å². The molecule has 1 unspecified atom stereocenters. The second kappa shape index (κ2) is 5.26. The Balaban J connectivity index is 2.10. The van der Waals surface area contributed by atoms with E-state index in [1.807, 2.05) is 14.1 Å². The standard InChI is InChI=1S/C13H17N3O3/c1-16(2)10-7-9(5-6-14-10)12(17)15-11(13(18)19)8-3-4-8/h5-8,11H,3-4H2,1-2H3,(H,15,17)(H,18,19). The maximum absolute atomic E-state index is 12.0. The summed E-state index contributed by atoms with van der Waals surface area (Å²) in [7, 11) is 3.66. The number of nitrogens with zero attached hydrogens (tertiary/aromatic N) is 2. The zero-order valence-electron chi connectivity index (χ0n) is 11.0. The number of amides is 1. The van der Waals surface area contributed by atoms with Crippen LogP contribution in [-0.4, -0.2) is 42.1 Å². The van der Waals surface area contributed by atoms with Crippen LogP contribution < -0.4 is 10.2 Å². The summed E-state index contributed by atoms with van der Waals surface area (Å²) < 4.78 is 0. The number of carboxylic acid groups (broad SMARTS) is 1. The number of hydrogen-bond donors (Lipinski definition) is 2. The number of anilines is 1. The quantitative estimate of drug-likeness (QED) is 0.818. The lowest BCUT2D eigenvalue weighted by molar-refractivity contribution is -0.139. The highest BCUT2D eigenvalue weighted by atomic mass is 16.4. The van der Waals surface area contributed by atoms with Crippen molar-refractivity contribution < 1.29 is 14.7 Å². The minimum absolute atomic E-state index is 0.0663. The van der Waals surface area contributed by atoms with Gasteiger partial charge in [-0.15, -0.1) is 0 Å². The molecule has 1 aromatic rings. The third kappa shape index (κ3) is 3.21. The summed E-state index contributed by atoms with van der Waals surface area (Å²) in [5.41, 5.74) is 0.422. The highest BCUT2D eigenvalue weighted by Gasteiger charge is 2.37. The van der Waals surface area contributed by atoms with Gasteiger partial charge in [0.15, 0.2) is 0 Å². The molecule has 1 aliphatic rings. The lowest BCUT2D eigenvalue weighted by atomic mass is 10.1. The lowest BCUT2D eigenvalue weighted by Crippen LogP contribution is -2.42. The van der Waals surface area contributed by atoms with E-state index in [2.05, 4.69) is 10.3 Å². The van der Waals surface area contributed by atoms with Gasteiger partial charge >= 0.3 is 5.97 Å². The molecule has 1 amide bonds. The molecule has 1 atom stereocenters. The fourth-order valence-corrected chi connectivity index (χ4v) is 1.84. The van der Waals surface area contributed by atoms with Crippen molar-refractivity contribution in [2.45, 2.75) is 18.9 Å². The third-order valence-electron chi connectivity index (χ3n) is 3.11. The Morgan fingerprint density at radius 3 is 2.68 bits per heavy atom. The number of aromatic nitrogens is 1. The van der Waals surface area contributed by atoms with Crippen molar-refractivity contribution in [3.05, 3.63) is 23.9 Å². The normalized spacial score (nSPS) is 15.7. The SMILES string of the molecule is CN(C)c1cc(C(=O)NC(C(=O)O)C2CC2)ccn1. The monoisotopic (exact) mass is 263 g/mol. The van der Waals surface area contributed by atoms with E-state index in [0.717, 1.165) is 12.8 Å². The molecule has 1 aromatic heterocycles. The molecule has 2 N–H and O–H groups in total. The molecule has 0 radical (unpaired) electrons. The number of aliphatic carboxylic acids is 1. The summed E-state index contributed by atoms with van der Waals surface area (Å²) in [6.45, 7) is 0. The summed E-state index contributed by atoms with van der Waals surface area (Å²) in [5, 5.41) is 11.7. The predicted molar refractivity (Wildman–Crippen MR) is 70.2 cm³/mol. The Hall–Kier alpha value is -2.11. The molecular formula is C13H17N3O3. The highest BCUT2D eigenvalue weighted by molar-refractivity contribution is 5.97. The number of nitrogens with one attached hydrogen (secondary N) is 1. The summed E-state index contributed by atoms with van der Waals surface area (Å²) >= 11 is 0. The van der Waals surface area contributed by atoms with E-state index < -0.39 is 12.0 Å². The average molecular weight is 263 g/mol. The van der Waals surface area contributed by atoms with E-state index in [1.54, 1.807) is 17.0 Å². The van der Waals surface area contributed by atoms with Gasteiger partial charge < -0.3 is 15.3 Å². The number of carboxylic acids is 1. The molecule has 1 heterocycles. The molecule has 1 saturated carbocycles. The van der Waals surface area contributed by atoms with Crippen LogP contribution in [0.15, 0.2) is 18.3 Å². The van der Waals surface area contributed by atoms with Crippen LogP contribution >= 0.6 is 0 Å². The van der Waals surface area contributed by atoms with E-state index in [9.17, 15) is 9.59 Å². The summed E-state index contributed by atoms with van der Waals surface area (Å²) in [4.78, 5) is 29.0. The van der Waals surface area contributed by atoms with Gasteiger partial charge in [0.25, 0.3) is 5.91 Å². The number of carbonyl (C=O) groups is 2. The topological polar surface area (TPSA) is 82.5 Å². The van der Waals surface area contributed by atoms with Gasteiger partial charge in [0.2, 0.25) is 0 Å².